The van der Waals surface area contributed by atoms with Crippen LogP contribution in [-0.2, 0) is 8.85 Å². The van der Waals surface area contributed by atoms with E-state index in [9.17, 15) is 0 Å². The van der Waals surface area contributed by atoms with Gasteiger partial charge in [-0.15, -0.1) is 0 Å². The smallest absolute Gasteiger partial charge is 0.372 e. The number of halogens is 2. The van der Waals surface area contributed by atoms with Crippen molar-refractivity contribution in [3.05, 3.63) is 0 Å². The molecule has 0 aromatic carbocycles. The molecule has 0 saturated carbocycles. The molecule has 0 aromatic heterocycles. The van der Waals surface area contributed by atoms with Crippen molar-refractivity contribution in [2.45, 2.75) is 90.9 Å². The quantitative estimate of drug-likeness (QED) is 0.175. The lowest BCUT2D eigenvalue weighted by Crippen LogP contribution is -2.30. The summed E-state index contributed by atoms with van der Waals surface area (Å²) >= 11 is 12.2. The van der Waals surface area contributed by atoms with Crippen LogP contribution in [0.1, 0.15) is 90.9 Å². The van der Waals surface area contributed by atoms with Crippen LogP contribution in [0.25, 0.3) is 0 Å². The molecule has 5 heteroatoms. The molecule has 128 valence electrons. The van der Waals surface area contributed by atoms with Crippen LogP contribution < -0.4 is 0 Å². The molecule has 0 amide bonds. The molecule has 0 spiro atoms. The molecule has 0 rings (SSSR count). The van der Waals surface area contributed by atoms with Gasteiger partial charge in [-0.1, -0.05) is 100 Å². The highest BCUT2D eigenvalue weighted by atomic mass is 35.7. The standard InChI is InChI=1S/C16H34Cl2O2Si/c1-3-5-7-9-11-13-15-19-21(17,18)20-16-14-12-10-8-6-4-2/h3-16H2,1-2H3. The SMILES string of the molecule is CCCCCCCCO[Si](Cl)(Cl)OCCCCCCCC. The van der Waals surface area contributed by atoms with Crippen molar-refractivity contribution >= 4 is 29.3 Å². The Labute approximate surface area is 142 Å². The minimum atomic E-state index is -2.91. The molecule has 0 radical (unpaired) electrons. The molecule has 0 bridgehead atoms. The Bertz CT molecular complexity index is 196. The maximum atomic E-state index is 6.12. The van der Waals surface area contributed by atoms with E-state index in [2.05, 4.69) is 13.8 Å². The Balaban J connectivity index is 3.35. The van der Waals surface area contributed by atoms with Gasteiger partial charge in [0.25, 0.3) is 0 Å². The molecule has 0 N–H and O–H groups in total. The lowest BCUT2D eigenvalue weighted by Gasteiger charge is -2.17. The van der Waals surface area contributed by atoms with E-state index in [0.29, 0.717) is 13.2 Å². The zero-order valence-corrected chi connectivity index (χ0v) is 16.5. The van der Waals surface area contributed by atoms with E-state index >= 15 is 0 Å². The van der Waals surface area contributed by atoms with Gasteiger partial charge in [0, 0.05) is 13.2 Å². The molecule has 0 aromatic rings. The fourth-order valence-corrected chi connectivity index (χ4v) is 3.96. The Hall–Kier alpha value is 0.717. The molecule has 0 aliphatic heterocycles. The molecular weight excluding hydrogens is 323 g/mol. The molecule has 0 atom stereocenters. The summed E-state index contributed by atoms with van der Waals surface area (Å²) in [5.74, 6) is 0. The number of hydrogen-bond donors (Lipinski definition) is 0. The normalized spacial score (nSPS) is 12.0. The molecule has 2 nitrogen and oxygen atoms in total. The minimum absolute atomic E-state index is 0.627. The second kappa shape index (κ2) is 15.6. The molecule has 0 fully saturated rings. The van der Waals surface area contributed by atoms with Gasteiger partial charge in [0.1, 0.15) is 0 Å². The largest absolute Gasteiger partial charge is 0.551 e. The van der Waals surface area contributed by atoms with Crippen LogP contribution >= 0.6 is 22.2 Å². The van der Waals surface area contributed by atoms with Crippen molar-refractivity contribution in [2.75, 3.05) is 13.2 Å². The van der Waals surface area contributed by atoms with Crippen LogP contribution in [0.3, 0.4) is 0 Å². The molecule has 0 heterocycles. The summed E-state index contributed by atoms with van der Waals surface area (Å²) in [6.45, 7) is 5.71. The maximum Gasteiger partial charge on any atom is 0.551 e. The third-order valence-electron chi connectivity index (χ3n) is 3.54. The second-order valence-corrected chi connectivity index (χ2v) is 10.8. The van der Waals surface area contributed by atoms with Crippen molar-refractivity contribution in [2.24, 2.45) is 0 Å². The minimum Gasteiger partial charge on any atom is -0.372 e. The zero-order valence-electron chi connectivity index (χ0n) is 14.0. The van der Waals surface area contributed by atoms with E-state index in [1.54, 1.807) is 0 Å². The van der Waals surface area contributed by atoms with Crippen LogP contribution in [0.2, 0.25) is 0 Å². The fourth-order valence-electron chi connectivity index (χ4n) is 2.19. The highest BCUT2D eigenvalue weighted by Crippen LogP contribution is 2.20. The topological polar surface area (TPSA) is 18.5 Å². The average molecular weight is 357 g/mol. The van der Waals surface area contributed by atoms with Crippen LogP contribution in [0, 0.1) is 0 Å². The summed E-state index contributed by atoms with van der Waals surface area (Å²) < 4.78 is 11.1. The van der Waals surface area contributed by atoms with Crippen molar-refractivity contribution in [3.63, 3.8) is 0 Å². The van der Waals surface area contributed by atoms with Crippen LogP contribution in [-0.4, -0.2) is 20.4 Å². The maximum absolute atomic E-state index is 6.12. The number of rotatable bonds is 16. The summed E-state index contributed by atoms with van der Waals surface area (Å²) in [6, 6.07) is 0. The first-order valence-electron chi connectivity index (χ1n) is 8.78. The molecule has 0 aliphatic carbocycles. The average Bonchev–Trinajstić information content (AvgIpc) is 2.45. The first-order valence-corrected chi connectivity index (χ1v) is 12.6. The van der Waals surface area contributed by atoms with Gasteiger partial charge in [-0.3, -0.25) is 0 Å². The van der Waals surface area contributed by atoms with Gasteiger partial charge in [0.05, 0.1) is 0 Å². The van der Waals surface area contributed by atoms with Gasteiger partial charge in [0.2, 0.25) is 0 Å². The summed E-state index contributed by atoms with van der Waals surface area (Å²) in [5.41, 5.74) is 0. The van der Waals surface area contributed by atoms with Gasteiger partial charge < -0.3 is 8.85 Å². The Morgan fingerprint density at radius 3 is 1.29 bits per heavy atom. The van der Waals surface area contributed by atoms with Gasteiger partial charge >= 0.3 is 7.18 Å². The van der Waals surface area contributed by atoms with E-state index in [1.165, 1.54) is 64.2 Å². The van der Waals surface area contributed by atoms with Gasteiger partial charge in [0.15, 0.2) is 0 Å². The summed E-state index contributed by atoms with van der Waals surface area (Å²) in [6.07, 6.45) is 14.8. The molecule has 21 heavy (non-hydrogen) atoms. The molecule has 0 saturated heterocycles. The van der Waals surface area contributed by atoms with Crippen molar-refractivity contribution in [1.82, 2.24) is 0 Å². The summed E-state index contributed by atoms with van der Waals surface area (Å²) in [7, 11) is -2.91. The number of hydrogen-bond acceptors (Lipinski definition) is 2. The van der Waals surface area contributed by atoms with Gasteiger partial charge in [-0.05, 0) is 12.8 Å². The third-order valence-corrected chi connectivity index (χ3v) is 5.93. The Kier molecular flexibility index (Phi) is 16.1. The first-order chi connectivity index (χ1) is 10.1. The monoisotopic (exact) mass is 356 g/mol. The van der Waals surface area contributed by atoms with E-state index in [0.717, 1.165) is 12.8 Å². The van der Waals surface area contributed by atoms with Gasteiger partial charge in [-0.2, -0.15) is 0 Å². The zero-order chi connectivity index (χ0) is 15.8. The Morgan fingerprint density at radius 1 is 0.571 bits per heavy atom. The Morgan fingerprint density at radius 2 is 0.905 bits per heavy atom. The van der Waals surface area contributed by atoms with E-state index in [-0.39, 0.29) is 0 Å². The lowest BCUT2D eigenvalue weighted by atomic mass is 10.1. The fraction of sp³-hybridized carbons (Fsp3) is 1.00. The predicted octanol–water partition coefficient (Wildman–Crippen LogP) is 6.65. The van der Waals surface area contributed by atoms with E-state index in [4.69, 9.17) is 31.0 Å². The number of unbranched alkanes of at least 4 members (excludes halogenated alkanes) is 10. The van der Waals surface area contributed by atoms with Crippen LogP contribution in [0.5, 0.6) is 0 Å². The summed E-state index contributed by atoms with van der Waals surface area (Å²) in [4.78, 5) is 0. The molecule has 0 aliphatic rings. The summed E-state index contributed by atoms with van der Waals surface area (Å²) in [5, 5.41) is 0. The van der Waals surface area contributed by atoms with Crippen molar-refractivity contribution < 1.29 is 8.85 Å². The molecule has 0 unspecified atom stereocenters. The van der Waals surface area contributed by atoms with Crippen molar-refractivity contribution in [3.8, 4) is 0 Å². The highest BCUT2D eigenvalue weighted by molar-refractivity contribution is 7.39. The van der Waals surface area contributed by atoms with E-state index in [1.807, 2.05) is 0 Å². The van der Waals surface area contributed by atoms with E-state index < -0.39 is 7.18 Å². The predicted molar refractivity (Wildman–Crippen MR) is 96.1 cm³/mol. The highest BCUT2D eigenvalue weighted by Gasteiger charge is 2.33. The second-order valence-electron chi connectivity index (χ2n) is 5.70. The lowest BCUT2D eigenvalue weighted by molar-refractivity contribution is 0.197. The van der Waals surface area contributed by atoms with Crippen LogP contribution in [0.15, 0.2) is 0 Å². The molecular formula is C16H34Cl2O2Si. The first kappa shape index (κ1) is 21.7. The van der Waals surface area contributed by atoms with Crippen molar-refractivity contribution in [1.29, 1.82) is 0 Å². The van der Waals surface area contributed by atoms with Gasteiger partial charge in [-0.25, -0.2) is 0 Å². The van der Waals surface area contributed by atoms with Crippen LogP contribution in [0.4, 0.5) is 0 Å². The third kappa shape index (κ3) is 16.9.